The highest BCUT2D eigenvalue weighted by molar-refractivity contribution is 5.50. The Kier molecular flexibility index (Phi) is 1.27. The molecule has 0 atom stereocenters. The molecule has 0 saturated carbocycles. The molecule has 3 rings (SSSR count). The number of hydrogen-bond donors (Lipinski definition) is 0. The molecule has 13 heavy (non-hydrogen) atoms. The van der Waals surface area contributed by atoms with E-state index in [2.05, 4.69) is 26.0 Å². The molecule has 0 aromatic heterocycles. The summed E-state index contributed by atoms with van der Waals surface area (Å²) in [6.07, 6.45) is 5.42. The van der Waals surface area contributed by atoms with Gasteiger partial charge in [-0.05, 0) is 54.7 Å². The second kappa shape index (κ2) is 2.17. The fourth-order valence-corrected chi connectivity index (χ4v) is 3.31. The van der Waals surface area contributed by atoms with Gasteiger partial charge in [-0.1, -0.05) is 24.6 Å². The predicted molar refractivity (Wildman–Crippen MR) is 55.2 cm³/mol. The quantitative estimate of drug-likeness (QED) is 0.564. The molecule has 0 radical (unpaired) electrons. The van der Waals surface area contributed by atoms with Crippen molar-refractivity contribution in [2.24, 2.45) is 0 Å². The highest BCUT2D eigenvalue weighted by atomic mass is 14.4. The lowest BCUT2D eigenvalue weighted by Crippen LogP contribution is -2.12. The number of benzene rings is 1. The molecule has 1 aromatic rings. The minimum atomic E-state index is 0.554. The maximum absolute atomic E-state index is 2.45. The number of aryl methyl sites for hydroxylation is 3. The van der Waals surface area contributed by atoms with Crippen LogP contribution in [0.3, 0.4) is 0 Å². The average Bonchev–Trinajstić information content (AvgIpc) is 2.56. The molecule has 0 amide bonds. The third-order valence-corrected chi connectivity index (χ3v) is 3.94. The van der Waals surface area contributed by atoms with Gasteiger partial charge >= 0.3 is 0 Å². The van der Waals surface area contributed by atoms with E-state index in [1.807, 2.05) is 0 Å². The van der Waals surface area contributed by atoms with Crippen molar-refractivity contribution in [1.82, 2.24) is 0 Å². The van der Waals surface area contributed by atoms with Crippen molar-refractivity contribution in [2.45, 2.75) is 44.9 Å². The van der Waals surface area contributed by atoms with Gasteiger partial charge in [0.05, 0.1) is 0 Å². The van der Waals surface area contributed by atoms with Crippen LogP contribution in [0.15, 0.2) is 12.1 Å². The molecule has 0 bridgehead atoms. The SMILES string of the molecule is Cc1cc2c3c(c1)CCC3(C)CC2. The van der Waals surface area contributed by atoms with Crippen molar-refractivity contribution >= 4 is 0 Å². The van der Waals surface area contributed by atoms with Crippen LogP contribution in [0.1, 0.15) is 42.0 Å². The van der Waals surface area contributed by atoms with Crippen LogP contribution in [0.5, 0.6) is 0 Å². The van der Waals surface area contributed by atoms with E-state index in [9.17, 15) is 0 Å². The van der Waals surface area contributed by atoms with Crippen LogP contribution in [0, 0.1) is 6.92 Å². The van der Waals surface area contributed by atoms with E-state index in [4.69, 9.17) is 0 Å². The fraction of sp³-hybridized carbons (Fsp3) is 0.538. The number of hydrogen-bond acceptors (Lipinski definition) is 0. The second-order valence-electron chi connectivity index (χ2n) is 5.02. The van der Waals surface area contributed by atoms with Gasteiger partial charge in [0.2, 0.25) is 0 Å². The zero-order valence-corrected chi connectivity index (χ0v) is 8.48. The van der Waals surface area contributed by atoms with E-state index in [1.54, 1.807) is 16.7 Å². The van der Waals surface area contributed by atoms with Crippen LogP contribution in [-0.4, -0.2) is 0 Å². The zero-order valence-electron chi connectivity index (χ0n) is 8.48. The monoisotopic (exact) mass is 172 g/mol. The van der Waals surface area contributed by atoms with Gasteiger partial charge in [-0.25, -0.2) is 0 Å². The lowest BCUT2D eigenvalue weighted by atomic mass is 9.86. The maximum Gasteiger partial charge on any atom is -0.00635 e. The lowest BCUT2D eigenvalue weighted by molar-refractivity contribution is 0.463. The minimum Gasteiger partial charge on any atom is -0.0558 e. The van der Waals surface area contributed by atoms with E-state index in [0.29, 0.717) is 5.41 Å². The number of rotatable bonds is 0. The minimum absolute atomic E-state index is 0.554. The first-order valence-electron chi connectivity index (χ1n) is 5.32. The molecular formula is C13H16. The van der Waals surface area contributed by atoms with E-state index in [0.717, 1.165) is 0 Å². The smallest absolute Gasteiger partial charge is 0.00635 e. The maximum atomic E-state index is 2.45. The lowest BCUT2D eigenvalue weighted by Gasteiger charge is -2.18. The molecule has 0 saturated heterocycles. The fourth-order valence-electron chi connectivity index (χ4n) is 3.31. The Bertz CT molecular complexity index is 345. The molecule has 0 fully saturated rings. The first kappa shape index (κ1) is 7.61. The first-order chi connectivity index (χ1) is 6.19. The molecule has 0 spiro atoms. The summed E-state index contributed by atoms with van der Waals surface area (Å²) in [5.74, 6) is 0. The highest BCUT2D eigenvalue weighted by Crippen LogP contribution is 2.49. The molecule has 1 aromatic carbocycles. The molecule has 0 N–H and O–H groups in total. The Balaban J connectivity index is 2.32. The van der Waals surface area contributed by atoms with Gasteiger partial charge in [0.15, 0.2) is 0 Å². The average molecular weight is 172 g/mol. The topological polar surface area (TPSA) is 0 Å². The Hall–Kier alpha value is -0.780. The molecule has 0 unspecified atom stereocenters. The Morgan fingerprint density at radius 2 is 1.62 bits per heavy atom. The van der Waals surface area contributed by atoms with Crippen LogP contribution >= 0.6 is 0 Å². The van der Waals surface area contributed by atoms with Crippen LogP contribution < -0.4 is 0 Å². The van der Waals surface area contributed by atoms with E-state index < -0.39 is 0 Å². The summed E-state index contributed by atoms with van der Waals surface area (Å²) >= 11 is 0. The first-order valence-corrected chi connectivity index (χ1v) is 5.32. The normalized spacial score (nSPS) is 22.0. The molecular weight excluding hydrogens is 156 g/mol. The van der Waals surface area contributed by atoms with Gasteiger partial charge in [-0.15, -0.1) is 0 Å². The Morgan fingerprint density at radius 3 is 2.15 bits per heavy atom. The van der Waals surface area contributed by atoms with E-state index >= 15 is 0 Å². The summed E-state index contributed by atoms with van der Waals surface area (Å²) in [6.45, 7) is 4.68. The van der Waals surface area contributed by atoms with Gasteiger partial charge in [0.25, 0.3) is 0 Å². The van der Waals surface area contributed by atoms with Crippen molar-refractivity contribution in [1.29, 1.82) is 0 Å². The molecule has 2 aliphatic rings. The molecule has 68 valence electrons. The summed E-state index contributed by atoms with van der Waals surface area (Å²) in [6, 6.07) is 4.80. The van der Waals surface area contributed by atoms with Crippen molar-refractivity contribution < 1.29 is 0 Å². The van der Waals surface area contributed by atoms with Crippen LogP contribution in [0.4, 0.5) is 0 Å². The van der Waals surface area contributed by atoms with E-state index in [1.165, 1.54) is 31.2 Å². The van der Waals surface area contributed by atoms with Gasteiger partial charge in [0, 0.05) is 0 Å². The Morgan fingerprint density at radius 1 is 1.08 bits per heavy atom. The summed E-state index contributed by atoms with van der Waals surface area (Å²) in [4.78, 5) is 0. The van der Waals surface area contributed by atoms with Crippen molar-refractivity contribution in [3.8, 4) is 0 Å². The van der Waals surface area contributed by atoms with Crippen molar-refractivity contribution in [3.63, 3.8) is 0 Å². The highest BCUT2D eigenvalue weighted by Gasteiger charge is 2.40. The summed E-state index contributed by atoms with van der Waals surface area (Å²) < 4.78 is 0. The summed E-state index contributed by atoms with van der Waals surface area (Å²) in [5.41, 5.74) is 7.03. The van der Waals surface area contributed by atoms with Gasteiger partial charge in [-0.2, -0.15) is 0 Å². The van der Waals surface area contributed by atoms with Crippen LogP contribution in [0.2, 0.25) is 0 Å². The van der Waals surface area contributed by atoms with Crippen LogP contribution in [-0.2, 0) is 18.3 Å². The van der Waals surface area contributed by atoms with E-state index in [-0.39, 0.29) is 0 Å². The van der Waals surface area contributed by atoms with Crippen molar-refractivity contribution in [3.05, 3.63) is 34.4 Å². The van der Waals surface area contributed by atoms with Crippen LogP contribution in [0.25, 0.3) is 0 Å². The second-order valence-corrected chi connectivity index (χ2v) is 5.02. The third-order valence-electron chi connectivity index (χ3n) is 3.94. The van der Waals surface area contributed by atoms with Gasteiger partial charge < -0.3 is 0 Å². The van der Waals surface area contributed by atoms with Gasteiger partial charge in [0.1, 0.15) is 0 Å². The van der Waals surface area contributed by atoms with Gasteiger partial charge in [-0.3, -0.25) is 0 Å². The largest absolute Gasteiger partial charge is 0.0558 e. The molecule has 0 heterocycles. The predicted octanol–water partition coefficient (Wildman–Crippen LogP) is 3.15. The summed E-state index contributed by atoms with van der Waals surface area (Å²) in [5, 5.41) is 0. The van der Waals surface area contributed by atoms with Crippen molar-refractivity contribution in [2.75, 3.05) is 0 Å². The zero-order chi connectivity index (χ0) is 9.05. The standard InChI is InChI=1S/C13H16/c1-9-7-10-3-5-13(2)6-4-11(8-9)12(10)13/h7-8H,3-6H2,1-2H3. The molecule has 0 nitrogen and oxygen atoms in total. The molecule has 0 heteroatoms. The molecule has 0 aliphatic heterocycles. The molecule has 2 aliphatic carbocycles. The third kappa shape index (κ3) is 0.864. The Labute approximate surface area is 80.0 Å². The summed E-state index contributed by atoms with van der Waals surface area (Å²) in [7, 11) is 0.